The number of nitrogens with one attached hydrogen (secondary N) is 1. The van der Waals surface area contributed by atoms with Crippen LogP contribution in [0, 0.1) is 0 Å². The van der Waals surface area contributed by atoms with Crippen LogP contribution < -0.4 is 5.32 Å². The number of hydrogen-bond acceptors (Lipinski definition) is 8. The van der Waals surface area contributed by atoms with Gasteiger partial charge in [-0.15, -0.1) is 0 Å². The van der Waals surface area contributed by atoms with Crippen LogP contribution in [0.1, 0.15) is 57.3 Å². The van der Waals surface area contributed by atoms with Gasteiger partial charge in [-0.1, -0.05) is 66.7 Å². The topological polar surface area (TPSA) is 110 Å². The van der Waals surface area contributed by atoms with Crippen LogP contribution in [0.25, 0.3) is 11.0 Å². The quantitative estimate of drug-likeness (QED) is 0.213. The van der Waals surface area contributed by atoms with Crippen LogP contribution in [0.4, 0.5) is 0 Å². The van der Waals surface area contributed by atoms with E-state index in [0.29, 0.717) is 18.5 Å². The molecule has 0 bridgehead atoms. The van der Waals surface area contributed by atoms with Crippen LogP contribution in [0.5, 0.6) is 0 Å². The molecular formula is C36H37N5O4. The highest BCUT2D eigenvalue weighted by molar-refractivity contribution is 5.93. The van der Waals surface area contributed by atoms with Crippen LogP contribution in [0.15, 0.2) is 103 Å². The molecule has 5 aromatic rings. The zero-order valence-electron chi connectivity index (χ0n) is 25.3. The normalized spacial score (nSPS) is 18.2. The summed E-state index contributed by atoms with van der Waals surface area (Å²) in [6.07, 6.45) is 4.14. The molecule has 1 amide bonds. The summed E-state index contributed by atoms with van der Waals surface area (Å²) in [4.78, 5) is 28.3. The third-order valence-electron chi connectivity index (χ3n) is 7.99. The Balaban J connectivity index is 1.11. The largest absolute Gasteiger partial charge is 0.392 e. The lowest BCUT2D eigenvalue weighted by Gasteiger charge is -2.38. The highest BCUT2D eigenvalue weighted by Crippen LogP contribution is 2.38. The number of aliphatic hydroxyl groups excluding tert-OH is 1. The van der Waals surface area contributed by atoms with Gasteiger partial charge >= 0.3 is 0 Å². The fourth-order valence-electron chi connectivity index (χ4n) is 5.46. The number of fused-ring (bicyclic) bond motifs is 1. The highest BCUT2D eigenvalue weighted by atomic mass is 16.7. The van der Waals surface area contributed by atoms with Crippen molar-refractivity contribution in [1.82, 2.24) is 25.2 Å². The van der Waals surface area contributed by atoms with Crippen molar-refractivity contribution in [3.8, 4) is 0 Å². The zero-order valence-corrected chi connectivity index (χ0v) is 25.3. The summed E-state index contributed by atoms with van der Waals surface area (Å²) in [5.41, 5.74) is 6.55. The highest BCUT2D eigenvalue weighted by Gasteiger charge is 2.32. The van der Waals surface area contributed by atoms with Gasteiger partial charge < -0.3 is 24.8 Å². The van der Waals surface area contributed by atoms with Gasteiger partial charge in [-0.2, -0.15) is 0 Å². The average Bonchev–Trinajstić information content (AvgIpc) is 3.10. The first-order chi connectivity index (χ1) is 22.0. The Kier molecular flexibility index (Phi) is 9.82. The summed E-state index contributed by atoms with van der Waals surface area (Å²) in [7, 11) is 2.11. The summed E-state index contributed by atoms with van der Waals surface area (Å²) in [5, 5.41) is 12.4. The molecule has 0 aliphatic carbocycles. The molecule has 0 spiro atoms. The Morgan fingerprint density at radius 1 is 0.889 bits per heavy atom. The Bertz CT molecular complexity index is 1700. The number of likely N-dealkylation sites (N-methyl/N-ethyl adjacent to an activating group) is 1. The van der Waals surface area contributed by atoms with E-state index in [0.717, 1.165) is 53.0 Å². The second kappa shape index (κ2) is 14.5. The van der Waals surface area contributed by atoms with Gasteiger partial charge in [-0.05, 0) is 48.0 Å². The molecule has 9 heteroatoms. The fourth-order valence-corrected chi connectivity index (χ4v) is 5.46. The van der Waals surface area contributed by atoms with Gasteiger partial charge in [0.1, 0.15) is 5.69 Å². The summed E-state index contributed by atoms with van der Waals surface area (Å²) in [6.45, 7) is 1.97. The lowest BCUT2D eigenvalue weighted by Crippen LogP contribution is -2.38. The molecule has 0 saturated carbocycles. The summed E-state index contributed by atoms with van der Waals surface area (Å²) >= 11 is 0. The maximum atomic E-state index is 12.8. The van der Waals surface area contributed by atoms with Gasteiger partial charge in [-0.25, -0.2) is 4.98 Å². The molecule has 230 valence electrons. The Morgan fingerprint density at radius 3 is 2.38 bits per heavy atom. The second-order valence-electron chi connectivity index (χ2n) is 11.4. The van der Waals surface area contributed by atoms with Crippen molar-refractivity contribution in [1.29, 1.82) is 0 Å². The monoisotopic (exact) mass is 603 g/mol. The van der Waals surface area contributed by atoms with Crippen molar-refractivity contribution in [2.24, 2.45) is 0 Å². The number of carbonyl (C=O) groups is 1. The van der Waals surface area contributed by atoms with Gasteiger partial charge in [-0.3, -0.25) is 14.8 Å². The van der Waals surface area contributed by atoms with Crippen molar-refractivity contribution in [2.75, 3.05) is 20.1 Å². The number of pyridine rings is 1. The lowest BCUT2D eigenvalue weighted by atomic mass is 9.99. The van der Waals surface area contributed by atoms with E-state index in [2.05, 4.69) is 32.2 Å². The number of aromatic nitrogens is 3. The zero-order chi connectivity index (χ0) is 31.0. The number of ether oxygens (including phenoxy) is 2. The number of amides is 1. The average molecular weight is 604 g/mol. The molecule has 3 atom stereocenters. The number of rotatable bonds is 11. The molecule has 2 N–H and O–H groups in total. The minimum atomic E-state index is -0.549. The molecule has 1 fully saturated rings. The second-order valence-corrected chi connectivity index (χ2v) is 11.4. The van der Waals surface area contributed by atoms with Crippen LogP contribution in [-0.2, 0) is 29.0 Å². The molecule has 1 saturated heterocycles. The van der Waals surface area contributed by atoms with Crippen LogP contribution in [0.2, 0.25) is 0 Å². The molecule has 1 aliphatic rings. The molecule has 45 heavy (non-hydrogen) atoms. The molecule has 9 nitrogen and oxygen atoms in total. The molecular weight excluding hydrogens is 566 g/mol. The van der Waals surface area contributed by atoms with Crippen LogP contribution >= 0.6 is 0 Å². The van der Waals surface area contributed by atoms with Crippen molar-refractivity contribution in [3.05, 3.63) is 137 Å². The number of nitrogens with zero attached hydrogens (tertiary/aromatic N) is 4. The van der Waals surface area contributed by atoms with E-state index in [-0.39, 0.29) is 30.4 Å². The smallest absolute Gasteiger partial charge is 0.271 e. The van der Waals surface area contributed by atoms with Gasteiger partial charge in [0.25, 0.3) is 5.91 Å². The first-order valence-electron chi connectivity index (χ1n) is 15.2. The minimum absolute atomic E-state index is 0.00366. The predicted molar refractivity (Wildman–Crippen MR) is 171 cm³/mol. The van der Waals surface area contributed by atoms with Crippen molar-refractivity contribution in [2.45, 2.75) is 44.5 Å². The van der Waals surface area contributed by atoms with E-state index >= 15 is 0 Å². The maximum Gasteiger partial charge on any atom is 0.271 e. The lowest BCUT2D eigenvalue weighted by molar-refractivity contribution is -0.252. The molecule has 2 aromatic heterocycles. The van der Waals surface area contributed by atoms with Gasteiger partial charge in [0.05, 0.1) is 36.0 Å². The molecule has 6 rings (SSSR count). The SMILES string of the molecule is CN(CCc1ccccn1)C[C@H]1C[C@@H](c2ccc(CO)cc2)O[C@@H](c2ccc(CNC(=O)c3cnc4ccccc4n3)cc2)O1. The number of aliphatic hydroxyl groups is 1. The van der Waals surface area contributed by atoms with E-state index in [1.807, 2.05) is 97.2 Å². The van der Waals surface area contributed by atoms with Gasteiger partial charge in [0.2, 0.25) is 0 Å². The Hall–Kier alpha value is -4.54. The van der Waals surface area contributed by atoms with E-state index in [1.54, 1.807) is 0 Å². The van der Waals surface area contributed by atoms with Crippen LogP contribution in [-0.4, -0.2) is 57.1 Å². The van der Waals surface area contributed by atoms with Crippen molar-refractivity contribution < 1.29 is 19.4 Å². The first-order valence-corrected chi connectivity index (χ1v) is 15.2. The summed E-state index contributed by atoms with van der Waals surface area (Å²) in [5.74, 6) is -0.277. The van der Waals surface area contributed by atoms with E-state index < -0.39 is 6.29 Å². The predicted octanol–water partition coefficient (Wildman–Crippen LogP) is 5.17. The third-order valence-corrected chi connectivity index (χ3v) is 7.99. The van der Waals surface area contributed by atoms with E-state index in [9.17, 15) is 9.90 Å². The fraction of sp³-hybridized carbons (Fsp3) is 0.278. The number of benzene rings is 3. The minimum Gasteiger partial charge on any atom is -0.392 e. The van der Waals surface area contributed by atoms with Gasteiger partial charge in [0, 0.05) is 49.9 Å². The van der Waals surface area contributed by atoms with Crippen molar-refractivity contribution in [3.63, 3.8) is 0 Å². The molecule has 0 unspecified atom stereocenters. The summed E-state index contributed by atoms with van der Waals surface area (Å²) in [6, 6.07) is 29.3. The molecule has 0 radical (unpaired) electrons. The van der Waals surface area contributed by atoms with Gasteiger partial charge in [0.15, 0.2) is 6.29 Å². The number of hydrogen-bond donors (Lipinski definition) is 2. The molecule has 3 heterocycles. The third kappa shape index (κ3) is 7.95. The standard InChI is InChI=1S/C36H37N5O4/c1-41(19-17-29-6-4-5-18-37-29)23-30-20-34(27-13-11-26(24-42)12-14-27)45-36(44-30)28-15-9-25(10-16-28)21-39-35(43)33-22-38-31-7-2-3-8-32(31)40-33/h2-16,18,22,30,34,36,42H,17,19-21,23-24H2,1H3,(H,39,43)/t30-,34+,36+/m1/s1. The Morgan fingerprint density at radius 2 is 1.62 bits per heavy atom. The van der Waals surface area contributed by atoms with Crippen LogP contribution in [0.3, 0.4) is 0 Å². The van der Waals surface area contributed by atoms with E-state index in [4.69, 9.17) is 9.47 Å². The first kappa shape index (κ1) is 30.5. The number of para-hydroxylation sites is 2. The summed E-state index contributed by atoms with van der Waals surface area (Å²) < 4.78 is 13.0. The number of carbonyl (C=O) groups excluding carboxylic acids is 1. The Labute approximate surface area is 262 Å². The molecule has 3 aromatic carbocycles. The molecule has 1 aliphatic heterocycles. The van der Waals surface area contributed by atoms with Crippen molar-refractivity contribution >= 4 is 16.9 Å². The maximum absolute atomic E-state index is 12.8. The van der Waals surface area contributed by atoms with E-state index in [1.165, 1.54) is 6.20 Å².